The maximum absolute atomic E-state index is 3.52. The molecule has 0 aromatic carbocycles. The lowest BCUT2D eigenvalue weighted by Crippen LogP contribution is -2.39. The molecule has 2 heteroatoms. The molecule has 0 aromatic heterocycles. The Morgan fingerprint density at radius 2 is 1.85 bits per heavy atom. The van der Waals surface area contributed by atoms with E-state index in [1.165, 1.54) is 19.3 Å². The predicted octanol–water partition coefficient (Wildman–Crippen LogP) is 2.01. The van der Waals surface area contributed by atoms with Crippen molar-refractivity contribution in [3.05, 3.63) is 0 Å². The normalized spacial score (nSPS) is 15.7. The van der Waals surface area contributed by atoms with Gasteiger partial charge in [0.15, 0.2) is 0 Å². The van der Waals surface area contributed by atoms with Crippen molar-refractivity contribution in [1.82, 2.24) is 10.6 Å². The molecule has 0 amide bonds. The van der Waals surface area contributed by atoms with Crippen molar-refractivity contribution in [2.45, 2.75) is 40.0 Å². The van der Waals surface area contributed by atoms with Gasteiger partial charge >= 0.3 is 0 Å². The number of hydrogen-bond donors (Lipinski definition) is 2. The Hall–Kier alpha value is -0.0800. The van der Waals surface area contributed by atoms with E-state index in [1.54, 1.807) is 0 Å². The molecule has 2 N–H and O–H groups in total. The van der Waals surface area contributed by atoms with Crippen molar-refractivity contribution in [2.24, 2.45) is 5.41 Å². The average Bonchev–Trinajstić information content (AvgIpc) is 2.13. The minimum Gasteiger partial charge on any atom is -0.319 e. The first-order valence-corrected chi connectivity index (χ1v) is 5.54. The molecule has 1 unspecified atom stereocenters. The third kappa shape index (κ3) is 6.05. The van der Waals surface area contributed by atoms with E-state index in [4.69, 9.17) is 0 Å². The Labute approximate surface area is 83.5 Å². The van der Waals surface area contributed by atoms with Crippen molar-refractivity contribution in [3.8, 4) is 0 Å². The molecule has 0 saturated carbocycles. The fourth-order valence-electron chi connectivity index (χ4n) is 1.43. The molecule has 1 atom stereocenters. The SMILES string of the molecule is CCCCNCC(C)(CC)CNC. The second-order valence-electron chi connectivity index (χ2n) is 4.22. The van der Waals surface area contributed by atoms with Crippen LogP contribution in [-0.2, 0) is 0 Å². The van der Waals surface area contributed by atoms with Crippen molar-refractivity contribution in [2.75, 3.05) is 26.7 Å². The van der Waals surface area contributed by atoms with E-state index in [9.17, 15) is 0 Å². The van der Waals surface area contributed by atoms with E-state index in [1.807, 2.05) is 7.05 Å². The number of nitrogens with one attached hydrogen (secondary N) is 2. The fraction of sp³-hybridized carbons (Fsp3) is 1.00. The summed E-state index contributed by atoms with van der Waals surface area (Å²) < 4.78 is 0. The molecular weight excluding hydrogens is 160 g/mol. The smallest absolute Gasteiger partial charge is 0.00172 e. The van der Waals surface area contributed by atoms with Gasteiger partial charge in [-0.15, -0.1) is 0 Å². The largest absolute Gasteiger partial charge is 0.319 e. The Morgan fingerprint density at radius 1 is 1.15 bits per heavy atom. The molecule has 80 valence electrons. The van der Waals surface area contributed by atoms with E-state index in [2.05, 4.69) is 31.4 Å². The van der Waals surface area contributed by atoms with Crippen molar-refractivity contribution in [1.29, 1.82) is 0 Å². The van der Waals surface area contributed by atoms with Crippen LogP contribution in [0.3, 0.4) is 0 Å². The minimum atomic E-state index is 0.419. The first kappa shape index (κ1) is 12.9. The molecule has 0 fully saturated rings. The Kier molecular flexibility index (Phi) is 7.29. The fourth-order valence-corrected chi connectivity index (χ4v) is 1.43. The Morgan fingerprint density at radius 3 is 2.31 bits per heavy atom. The molecule has 0 heterocycles. The summed E-state index contributed by atoms with van der Waals surface area (Å²) in [4.78, 5) is 0. The second-order valence-corrected chi connectivity index (χ2v) is 4.22. The summed E-state index contributed by atoms with van der Waals surface area (Å²) in [6, 6.07) is 0. The van der Waals surface area contributed by atoms with Crippen LogP contribution in [0.4, 0.5) is 0 Å². The number of unbranched alkanes of at least 4 members (excludes halogenated alkanes) is 1. The van der Waals surface area contributed by atoms with Crippen LogP contribution >= 0.6 is 0 Å². The van der Waals surface area contributed by atoms with Crippen LogP contribution < -0.4 is 10.6 Å². The molecule has 0 spiro atoms. The lowest BCUT2D eigenvalue weighted by atomic mass is 9.87. The Bertz CT molecular complexity index is 115. The average molecular weight is 186 g/mol. The highest BCUT2D eigenvalue weighted by molar-refractivity contribution is 4.77. The molecular formula is C11H26N2. The van der Waals surface area contributed by atoms with Gasteiger partial charge in [0.2, 0.25) is 0 Å². The summed E-state index contributed by atoms with van der Waals surface area (Å²) in [7, 11) is 2.03. The van der Waals surface area contributed by atoms with Gasteiger partial charge in [-0.2, -0.15) is 0 Å². The first-order chi connectivity index (χ1) is 6.18. The van der Waals surface area contributed by atoms with Gasteiger partial charge in [0.05, 0.1) is 0 Å². The predicted molar refractivity (Wildman–Crippen MR) is 60.1 cm³/mol. The number of rotatable bonds is 8. The maximum Gasteiger partial charge on any atom is 0.00172 e. The van der Waals surface area contributed by atoms with Crippen molar-refractivity contribution < 1.29 is 0 Å². The van der Waals surface area contributed by atoms with Gasteiger partial charge in [0.1, 0.15) is 0 Å². The van der Waals surface area contributed by atoms with Gasteiger partial charge in [-0.1, -0.05) is 27.2 Å². The quantitative estimate of drug-likeness (QED) is 0.567. The summed E-state index contributed by atoms with van der Waals surface area (Å²) >= 11 is 0. The van der Waals surface area contributed by atoms with Crippen LogP contribution in [-0.4, -0.2) is 26.7 Å². The molecule has 0 aliphatic carbocycles. The van der Waals surface area contributed by atoms with E-state index in [-0.39, 0.29) is 0 Å². The van der Waals surface area contributed by atoms with Gasteiger partial charge in [0, 0.05) is 13.1 Å². The summed E-state index contributed by atoms with van der Waals surface area (Å²) in [5.41, 5.74) is 0.419. The number of hydrogen-bond acceptors (Lipinski definition) is 2. The van der Waals surface area contributed by atoms with Gasteiger partial charge < -0.3 is 10.6 Å². The van der Waals surface area contributed by atoms with Gasteiger partial charge in [-0.3, -0.25) is 0 Å². The summed E-state index contributed by atoms with van der Waals surface area (Å²) in [6.45, 7) is 10.2. The summed E-state index contributed by atoms with van der Waals surface area (Å²) in [6.07, 6.45) is 3.80. The summed E-state index contributed by atoms with van der Waals surface area (Å²) in [5.74, 6) is 0. The van der Waals surface area contributed by atoms with Crippen LogP contribution in [0.15, 0.2) is 0 Å². The molecule has 0 bridgehead atoms. The zero-order valence-corrected chi connectivity index (χ0v) is 9.74. The van der Waals surface area contributed by atoms with Crippen LogP contribution in [0.25, 0.3) is 0 Å². The van der Waals surface area contributed by atoms with Gasteiger partial charge in [0.25, 0.3) is 0 Å². The first-order valence-electron chi connectivity index (χ1n) is 5.54. The third-order valence-electron chi connectivity index (χ3n) is 2.72. The minimum absolute atomic E-state index is 0.419. The van der Waals surface area contributed by atoms with Crippen LogP contribution in [0.2, 0.25) is 0 Å². The molecule has 0 radical (unpaired) electrons. The highest BCUT2D eigenvalue weighted by Gasteiger charge is 2.19. The molecule has 0 rings (SSSR count). The zero-order valence-electron chi connectivity index (χ0n) is 9.74. The topological polar surface area (TPSA) is 24.1 Å². The van der Waals surface area contributed by atoms with E-state index < -0.39 is 0 Å². The highest BCUT2D eigenvalue weighted by atomic mass is 14.9. The summed E-state index contributed by atoms with van der Waals surface area (Å²) in [5, 5.41) is 6.78. The Balaban J connectivity index is 3.57. The molecule has 0 aliphatic rings. The maximum atomic E-state index is 3.52. The van der Waals surface area contributed by atoms with Gasteiger partial charge in [-0.25, -0.2) is 0 Å². The van der Waals surface area contributed by atoms with Gasteiger partial charge in [-0.05, 0) is 31.8 Å². The van der Waals surface area contributed by atoms with Crippen LogP contribution in [0.5, 0.6) is 0 Å². The van der Waals surface area contributed by atoms with Crippen molar-refractivity contribution >= 4 is 0 Å². The molecule has 13 heavy (non-hydrogen) atoms. The van der Waals surface area contributed by atoms with Crippen LogP contribution in [0, 0.1) is 5.41 Å². The second kappa shape index (κ2) is 7.34. The standard InChI is InChI=1S/C11H26N2/c1-5-7-8-13-10-11(3,6-2)9-12-4/h12-13H,5-10H2,1-4H3. The monoisotopic (exact) mass is 186 g/mol. The van der Waals surface area contributed by atoms with E-state index in [0.717, 1.165) is 19.6 Å². The van der Waals surface area contributed by atoms with E-state index in [0.29, 0.717) is 5.41 Å². The molecule has 0 saturated heterocycles. The zero-order chi connectivity index (χ0) is 10.2. The lowest BCUT2D eigenvalue weighted by Gasteiger charge is -2.28. The van der Waals surface area contributed by atoms with Crippen LogP contribution in [0.1, 0.15) is 40.0 Å². The van der Waals surface area contributed by atoms with Crippen molar-refractivity contribution in [3.63, 3.8) is 0 Å². The molecule has 2 nitrogen and oxygen atoms in total. The highest BCUT2D eigenvalue weighted by Crippen LogP contribution is 2.18. The molecule has 0 aliphatic heterocycles. The lowest BCUT2D eigenvalue weighted by molar-refractivity contribution is 0.284. The third-order valence-corrected chi connectivity index (χ3v) is 2.72. The van der Waals surface area contributed by atoms with E-state index >= 15 is 0 Å². The molecule has 0 aromatic rings.